The fourth-order valence-corrected chi connectivity index (χ4v) is 2.46. The van der Waals surface area contributed by atoms with Crippen molar-refractivity contribution in [1.29, 1.82) is 5.26 Å². The Kier molecular flexibility index (Phi) is 4.16. The zero-order valence-electron chi connectivity index (χ0n) is 10.00. The fourth-order valence-electron chi connectivity index (χ4n) is 1.56. The first kappa shape index (κ1) is 12.4. The summed E-state index contributed by atoms with van der Waals surface area (Å²) in [5.74, 6) is 0. The summed E-state index contributed by atoms with van der Waals surface area (Å²) in [4.78, 5) is 5.33. The molecule has 0 aliphatic carbocycles. The Morgan fingerprint density at radius 2 is 1.89 bits per heavy atom. The van der Waals surface area contributed by atoms with Gasteiger partial charge in [0.25, 0.3) is 0 Å². The van der Waals surface area contributed by atoms with Gasteiger partial charge in [-0.25, -0.2) is 0 Å². The van der Waals surface area contributed by atoms with Crippen LogP contribution in [0.25, 0.3) is 0 Å². The van der Waals surface area contributed by atoms with Crippen molar-refractivity contribution in [2.45, 2.75) is 4.90 Å². The summed E-state index contributed by atoms with van der Waals surface area (Å²) in [7, 11) is 1.78. The van der Waals surface area contributed by atoms with Crippen molar-refractivity contribution in [2.24, 2.45) is 4.99 Å². The summed E-state index contributed by atoms with van der Waals surface area (Å²) in [6.45, 7) is 0. The Morgan fingerprint density at radius 3 is 2.56 bits per heavy atom. The van der Waals surface area contributed by atoms with Crippen LogP contribution in [-0.2, 0) is 0 Å². The Morgan fingerprint density at radius 1 is 1.11 bits per heavy atom. The molecule has 3 heteroatoms. The van der Waals surface area contributed by atoms with Crippen molar-refractivity contribution in [1.82, 2.24) is 0 Å². The summed E-state index contributed by atoms with van der Waals surface area (Å²) in [6.07, 6.45) is 0. The third-order valence-corrected chi connectivity index (χ3v) is 3.50. The molecular weight excluding hydrogens is 240 g/mol. The monoisotopic (exact) mass is 252 g/mol. The van der Waals surface area contributed by atoms with Gasteiger partial charge < -0.3 is 0 Å². The molecular formula is C15H12N2S. The van der Waals surface area contributed by atoms with Gasteiger partial charge in [0.15, 0.2) is 0 Å². The highest BCUT2D eigenvalue weighted by molar-refractivity contribution is 8.14. The molecule has 18 heavy (non-hydrogen) atoms. The predicted molar refractivity (Wildman–Crippen MR) is 75.9 cm³/mol. The zero-order chi connectivity index (χ0) is 12.8. The van der Waals surface area contributed by atoms with Crippen LogP contribution in [0, 0.1) is 11.3 Å². The van der Waals surface area contributed by atoms with E-state index in [1.54, 1.807) is 24.9 Å². The minimum atomic E-state index is 0.670. The topological polar surface area (TPSA) is 36.1 Å². The lowest BCUT2D eigenvalue weighted by molar-refractivity contribution is 1.40. The van der Waals surface area contributed by atoms with E-state index in [9.17, 15) is 0 Å². The van der Waals surface area contributed by atoms with Gasteiger partial charge >= 0.3 is 0 Å². The Hall–Kier alpha value is -2.05. The maximum absolute atomic E-state index is 8.88. The molecule has 0 aliphatic heterocycles. The molecule has 0 spiro atoms. The molecule has 0 amide bonds. The molecule has 2 nitrogen and oxygen atoms in total. The van der Waals surface area contributed by atoms with Gasteiger partial charge in [0, 0.05) is 17.5 Å². The summed E-state index contributed by atoms with van der Waals surface area (Å²) >= 11 is 1.57. The highest BCUT2D eigenvalue weighted by atomic mass is 32.2. The SMILES string of the molecule is CN=C(Sc1cccc(C#N)c1)c1ccccc1. The van der Waals surface area contributed by atoms with E-state index in [1.807, 2.05) is 48.5 Å². The largest absolute Gasteiger partial charge is 0.281 e. The highest BCUT2D eigenvalue weighted by Gasteiger charge is 2.05. The molecule has 0 fully saturated rings. The number of nitriles is 1. The second kappa shape index (κ2) is 6.04. The summed E-state index contributed by atoms with van der Waals surface area (Å²) < 4.78 is 0. The molecule has 2 rings (SSSR count). The van der Waals surface area contributed by atoms with Crippen LogP contribution >= 0.6 is 11.8 Å². The molecule has 0 N–H and O–H groups in total. The molecule has 0 saturated heterocycles. The van der Waals surface area contributed by atoms with Gasteiger partial charge in [-0.05, 0) is 18.2 Å². The molecule has 0 radical (unpaired) electrons. The van der Waals surface area contributed by atoms with Gasteiger partial charge in [0.1, 0.15) is 5.04 Å². The number of rotatable bonds is 2. The lowest BCUT2D eigenvalue weighted by atomic mass is 10.2. The lowest BCUT2D eigenvalue weighted by Gasteiger charge is -2.05. The van der Waals surface area contributed by atoms with E-state index < -0.39 is 0 Å². The van der Waals surface area contributed by atoms with Crippen molar-refractivity contribution in [2.75, 3.05) is 7.05 Å². The maximum atomic E-state index is 8.88. The molecule has 2 aromatic rings. The number of aliphatic imine (C=N–C) groups is 1. The van der Waals surface area contributed by atoms with Gasteiger partial charge in [-0.3, -0.25) is 4.99 Å². The zero-order valence-corrected chi connectivity index (χ0v) is 10.8. The fraction of sp³-hybridized carbons (Fsp3) is 0.0667. The van der Waals surface area contributed by atoms with E-state index in [0.29, 0.717) is 5.56 Å². The van der Waals surface area contributed by atoms with Crippen LogP contribution < -0.4 is 0 Å². The van der Waals surface area contributed by atoms with E-state index in [1.165, 1.54) is 0 Å². The van der Waals surface area contributed by atoms with E-state index in [-0.39, 0.29) is 0 Å². The van der Waals surface area contributed by atoms with Crippen LogP contribution in [0.5, 0.6) is 0 Å². The third-order valence-electron chi connectivity index (χ3n) is 2.40. The molecule has 0 aliphatic rings. The Bertz CT molecular complexity index is 597. The standard InChI is InChI=1S/C15H12N2S/c1-17-15(13-7-3-2-4-8-13)18-14-9-5-6-12(10-14)11-16/h2-10H,1H3. The van der Waals surface area contributed by atoms with Gasteiger partial charge in [0.2, 0.25) is 0 Å². The summed E-state index contributed by atoms with van der Waals surface area (Å²) in [5.41, 5.74) is 1.76. The average Bonchev–Trinajstić information content (AvgIpc) is 2.46. The van der Waals surface area contributed by atoms with Gasteiger partial charge in [0.05, 0.1) is 11.6 Å². The number of thioether (sulfide) groups is 1. The Balaban J connectivity index is 2.25. The third kappa shape index (κ3) is 2.99. The summed E-state index contributed by atoms with van der Waals surface area (Å²) in [6, 6.07) is 19.7. The van der Waals surface area contributed by atoms with Crippen molar-refractivity contribution >= 4 is 16.8 Å². The average molecular weight is 252 g/mol. The van der Waals surface area contributed by atoms with Crippen LogP contribution in [0.3, 0.4) is 0 Å². The number of benzene rings is 2. The van der Waals surface area contributed by atoms with Crippen molar-refractivity contribution in [3.63, 3.8) is 0 Å². The van der Waals surface area contributed by atoms with E-state index in [0.717, 1.165) is 15.5 Å². The minimum absolute atomic E-state index is 0.670. The number of hydrogen-bond donors (Lipinski definition) is 0. The number of hydrogen-bond acceptors (Lipinski definition) is 3. The Labute approximate surface area is 111 Å². The smallest absolute Gasteiger partial charge is 0.102 e. The van der Waals surface area contributed by atoms with Crippen LogP contribution in [0.2, 0.25) is 0 Å². The molecule has 88 valence electrons. The maximum Gasteiger partial charge on any atom is 0.102 e. The van der Waals surface area contributed by atoms with Gasteiger partial charge in [-0.2, -0.15) is 5.26 Å². The molecule has 2 aromatic carbocycles. The predicted octanol–water partition coefficient (Wildman–Crippen LogP) is 3.73. The van der Waals surface area contributed by atoms with E-state index >= 15 is 0 Å². The van der Waals surface area contributed by atoms with Crippen molar-refractivity contribution in [3.05, 3.63) is 65.7 Å². The van der Waals surface area contributed by atoms with Crippen LogP contribution in [0.15, 0.2) is 64.5 Å². The normalized spacial score (nSPS) is 11.0. The first-order chi connectivity index (χ1) is 8.83. The van der Waals surface area contributed by atoms with Crippen molar-refractivity contribution in [3.8, 4) is 6.07 Å². The first-order valence-electron chi connectivity index (χ1n) is 5.53. The molecule has 0 heterocycles. The minimum Gasteiger partial charge on any atom is -0.281 e. The lowest BCUT2D eigenvalue weighted by Crippen LogP contribution is -1.94. The molecule has 0 saturated carbocycles. The second-order valence-electron chi connectivity index (χ2n) is 3.64. The number of nitrogens with zero attached hydrogens (tertiary/aromatic N) is 2. The van der Waals surface area contributed by atoms with Crippen LogP contribution in [-0.4, -0.2) is 12.1 Å². The molecule has 0 unspecified atom stereocenters. The quantitative estimate of drug-likeness (QED) is 0.464. The van der Waals surface area contributed by atoms with E-state index in [2.05, 4.69) is 11.1 Å². The van der Waals surface area contributed by atoms with Gasteiger partial charge in [-0.1, -0.05) is 48.2 Å². The molecule has 0 aromatic heterocycles. The first-order valence-corrected chi connectivity index (χ1v) is 6.35. The van der Waals surface area contributed by atoms with Crippen LogP contribution in [0.1, 0.15) is 11.1 Å². The van der Waals surface area contributed by atoms with Gasteiger partial charge in [-0.15, -0.1) is 0 Å². The molecule has 0 bridgehead atoms. The molecule has 0 atom stereocenters. The highest BCUT2D eigenvalue weighted by Crippen LogP contribution is 2.24. The van der Waals surface area contributed by atoms with E-state index in [4.69, 9.17) is 5.26 Å². The van der Waals surface area contributed by atoms with Crippen LogP contribution in [0.4, 0.5) is 0 Å². The second-order valence-corrected chi connectivity index (χ2v) is 4.70. The summed E-state index contributed by atoms with van der Waals surface area (Å²) in [5, 5.41) is 9.83. The van der Waals surface area contributed by atoms with Crippen molar-refractivity contribution < 1.29 is 0 Å².